The van der Waals surface area contributed by atoms with Crippen molar-refractivity contribution in [3.05, 3.63) is 59.0 Å². The largest absolute Gasteiger partial charge is 0.363 e. The molecule has 4 aromatic rings. The fourth-order valence-corrected chi connectivity index (χ4v) is 5.27. The van der Waals surface area contributed by atoms with Crippen LogP contribution in [0.4, 0.5) is 17.3 Å². The zero-order valence-corrected chi connectivity index (χ0v) is 22.5. The van der Waals surface area contributed by atoms with Crippen molar-refractivity contribution in [1.29, 1.82) is 0 Å². The maximum Gasteiger partial charge on any atom is 0.247 e. The number of likely N-dealkylation sites (N-methyl/N-ethyl adjacent to an activating group) is 1. The van der Waals surface area contributed by atoms with Crippen LogP contribution in [0, 0.1) is 6.57 Å². The summed E-state index contributed by atoms with van der Waals surface area (Å²) in [6.07, 6.45) is 8.97. The predicted octanol–water partition coefficient (Wildman–Crippen LogP) is 1.54. The van der Waals surface area contributed by atoms with Crippen LogP contribution in [0.3, 0.4) is 0 Å². The number of pyridine rings is 1. The molecule has 2 saturated heterocycles. The van der Waals surface area contributed by atoms with Crippen molar-refractivity contribution in [2.24, 2.45) is 0 Å². The monoisotopic (exact) mass is 578 g/mol. The molecule has 2 aliphatic rings. The molecule has 4 aromatic heterocycles. The van der Waals surface area contributed by atoms with Gasteiger partial charge in [0.2, 0.25) is 18.4 Å². The molecule has 6 rings (SSSR count). The minimum atomic E-state index is -0.377. The number of aromatic nitrogens is 7. The third kappa shape index (κ3) is 4.59. The second kappa shape index (κ2) is 9.73. The van der Waals surface area contributed by atoms with Gasteiger partial charge in [-0.25, -0.2) is 11.1 Å². The molecule has 14 heteroatoms. The number of hydrogen-bond acceptors (Lipinski definition) is 8. The van der Waals surface area contributed by atoms with E-state index in [1.54, 1.807) is 27.8 Å². The quantitative estimate of drug-likeness (QED) is 0.329. The molecule has 1 N–H and O–H groups in total. The van der Waals surface area contributed by atoms with E-state index >= 15 is 0 Å². The molecule has 0 spiro atoms. The van der Waals surface area contributed by atoms with Crippen LogP contribution in [0.5, 0.6) is 0 Å². The number of amides is 1. The Kier molecular flexibility index (Phi) is 6.24. The van der Waals surface area contributed by atoms with Crippen LogP contribution < -0.4 is 10.2 Å². The van der Waals surface area contributed by atoms with E-state index in [1.165, 1.54) is 0 Å². The van der Waals surface area contributed by atoms with Crippen LogP contribution in [-0.2, 0) is 16.9 Å². The molecule has 2 fully saturated rings. The van der Waals surface area contributed by atoms with E-state index < -0.39 is 0 Å². The van der Waals surface area contributed by atoms with Gasteiger partial charge in [-0.15, -0.1) is 5.10 Å². The van der Waals surface area contributed by atoms with Crippen LogP contribution in [0.1, 0.15) is 0 Å². The van der Waals surface area contributed by atoms with Crippen molar-refractivity contribution >= 4 is 44.8 Å². The van der Waals surface area contributed by atoms with Crippen molar-refractivity contribution in [2.45, 2.75) is 12.1 Å². The number of piperazine rings is 1. The van der Waals surface area contributed by atoms with Gasteiger partial charge in [0, 0.05) is 44.8 Å². The Morgan fingerprint density at radius 1 is 1.18 bits per heavy atom. The summed E-state index contributed by atoms with van der Waals surface area (Å²) < 4.78 is 6.14. The number of carbonyl (C=O) groups excluding carboxylic acids is 1. The van der Waals surface area contributed by atoms with Crippen molar-refractivity contribution < 1.29 is 4.79 Å². The van der Waals surface area contributed by atoms with E-state index in [1.807, 2.05) is 34.1 Å². The van der Waals surface area contributed by atoms with Gasteiger partial charge in [0.1, 0.15) is 6.54 Å². The highest BCUT2D eigenvalue weighted by Gasteiger charge is 2.49. The summed E-state index contributed by atoms with van der Waals surface area (Å²) >= 11 is 3.46. The van der Waals surface area contributed by atoms with Crippen LogP contribution in [0.15, 0.2) is 47.6 Å². The molecule has 2 aliphatic heterocycles. The van der Waals surface area contributed by atoms with Gasteiger partial charge in [0.25, 0.3) is 0 Å². The summed E-state index contributed by atoms with van der Waals surface area (Å²) in [5.74, 6) is 0.501. The second-order valence-electron chi connectivity index (χ2n) is 9.83. The minimum Gasteiger partial charge on any atom is -0.363 e. The molecule has 196 valence electrons. The molecule has 6 heterocycles. The lowest BCUT2D eigenvalue weighted by atomic mass is 9.89. The van der Waals surface area contributed by atoms with E-state index in [2.05, 4.69) is 58.2 Å². The first kappa shape index (κ1) is 24.4. The lowest BCUT2D eigenvalue weighted by Crippen LogP contribution is -2.64. The highest BCUT2D eigenvalue weighted by Crippen LogP contribution is 2.36. The number of nitrogens with zero attached hydrogens (tertiary/aromatic N) is 11. The zero-order valence-electron chi connectivity index (χ0n) is 20.9. The lowest BCUT2D eigenvalue weighted by molar-refractivity contribution is -0.133. The highest BCUT2D eigenvalue weighted by atomic mass is 79.9. The predicted molar refractivity (Wildman–Crippen MR) is 144 cm³/mol. The maximum absolute atomic E-state index is 12.6. The first-order valence-electron chi connectivity index (χ1n) is 12.3. The summed E-state index contributed by atoms with van der Waals surface area (Å²) in [7, 11) is 2.07. The van der Waals surface area contributed by atoms with Gasteiger partial charge in [0.15, 0.2) is 11.2 Å². The Morgan fingerprint density at radius 2 is 2.00 bits per heavy atom. The van der Waals surface area contributed by atoms with Gasteiger partial charge >= 0.3 is 0 Å². The third-order valence-corrected chi connectivity index (χ3v) is 7.52. The smallest absolute Gasteiger partial charge is 0.247 e. The van der Waals surface area contributed by atoms with Crippen molar-refractivity contribution in [1.82, 2.24) is 44.0 Å². The Balaban J connectivity index is 1.14. The van der Waals surface area contributed by atoms with E-state index in [-0.39, 0.29) is 18.0 Å². The number of carbonyl (C=O) groups is 1. The minimum absolute atomic E-state index is 0.0644. The molecule has 0 bridgehead atoms. The van der Waals surface area contributed by atoms with Gasteiger partial charge in [-0.3, -0.25) is 14.2 Å². The van der Waals surface area contributed by atoms with Gasteiger partial charge in [-0.1, -0.05) is 0 Å². The van der Waals surface area contributed by atoms with Crippen molar-refractivity contribution in [3.8, 4) is 0 Å². The number of nitrogens with one attached hydrogen (secondary N) is 1. The summed E-state index contributed by atoms with van der Waals surface area (Å²) in [6, 6.07) is 3.94. The number of anilines is 3. The summed E-state index contributed by atoms with van der Waals surface area (Å²) in [5, 5.41) is 16.6. The molecule has 0 unspecified atom stereocenters. The van der Waals surface area contributed by atoms with E-state index in [4.69, 9.17) is 11.6 Å². The number of fused-ring (bicyclic) bond motifs is 1. The topological polar surface area (TPSA) is 109 Å². The molecule has 0 saturated carbocycles. The Bertz CT molecular complexity index is 1500. The van der Waals surface area contributed by atoms with Crippen LogP contribution in [0.2, 0.25) is 0 Å². The molecule has 0 aliphatic carbocycles. The standard InChI is InChI=1S/C24H27BrN12O/c1-26-15-24(37-12-18(25)10-28-37)16-34(17-24)20-4-3-5-36-22(20)30-23(31-36)29-19-11-27-35(13-19)14-21(38)33-8-6-32(2)7-9-33/h3-5,10-13H,6-9,14-17H2,2H3,(H,29,31). The molecule has 0 aromatic carbocycles. The van der Waals surface area contributed by atoms with E-state index in [0.29, 0.717) is 36.9 Å². The van der Waals surface area contributed by atoms with Gasteiger partial charge < -0.3 is 24.9 Å². The van der Waals surface area contributed by atoms with E-state index in [9.17, 15) is 4.79 Å². The molecular formula is C24H27BrN12O. The summed E-state index contributed by atoms with van der Waals surface area (Å²) in [6.45, 7) is 12.5. The average Bonchev–Trinajstić information content (AvgIpc) is 3.61. The zero-order chi connectivity index (χ0) is 26.3. The Morgan fingerprint density at radius 3 is 2.74 bits per heavy atom. The fourth-order valence-electron chi connectivity index (χ4n) is 4.99. The summed E-state index contributed by atoms with van der Waals surface area (Å²) in [5.41, 5.74) is 1.98. The molecular weight excluding hydrogens is 552 g/mol. The lowest BCUT2D eigenvalue weighted by Gasteiger charge is -2.48. The highest BCUT2D eigenvalue weighted by molar-refractivity contribution is 9.10. The first-order valence-corrected chi connectivity index (χ1v) is 13.1. The molecule has 13 nitrogen and oxygen atoms in total. The normalized spacial score (nSPS) is 17.4. The molecule has 0 atom stereocenters. The van der Waals surface area contributed by atoms with E-state index in [0.717, 1.165) is 36.3 Å². The molecule has 0 radical (unpaired) electrons. The SMILES string of the molecule is [C-]#[N+]CC1(n2cc(Br)cn2)CN(c2cccn3nc(Nc4cnn(CC(=O)N5CCN(C)CC5)c4)nc23)C1. The molecule has 1 amide bonds. The Hall–Kier alpha value is -3.96. The third-order valence-electron chi connectivity index (χ3n) is 7.11. The van der Waals surface area contributed by atoms with Crippen molar-refractivity contribution in [3.63, 3.8) is 0 Å². The number of halogens is 1. The molecule has 38 heavy (non-hydrogen) atoms. The average molecular weight is 579 g/mol. The summed E-state index contributed by atoms with van der Waals surface area (Å²) in [4.78, 5) is 27.3. The fraction of sp³-hybridized carbons (Fsp3) is 0.417. The number of hydrogen-bond donors (Lipinski definition) is 1. The van der Waals surface area contributed by atoms with Crippen molar-refractivity contribution in [2.75, 3.05) is 63.1 Å². The van der Waals surface area contributed by atoms with Gasteiger partial charge in [-0.05, 0) is 35.1 Å². The first-order chi connectivity index (χ1) is 18.4. The maximum atomic E-state index is 12.6. The Labute approximate surface area is 227 Å². The van der Waals surface area contributed by atoms with Crippen LogP contribution in [-0.4, -0.2) is 103 Å². The van der Waals surface area contributed by atoms with Gasteiger partial charge in [-0.2, -0.15) is 15.2 Å². The van der Waals surface area contributed by atoms with Gasteiger partial charge in [0.05, 0.1) is 41.3 Å². The second-order valence-corrected chi connectivity index (χ2v) is 10.7. The van der Waals surface area contributed by atoms with Crippen LogP contribution in [0.25, 0.3) is 10.5 Å². The van der Waals surface area contributed by atoms with Crippen LogP contribution >= 0.6 is 15.9 Å². The number of rotatable bonds is 7.